The number of hydrogen-bond donors (Lipinski definition) is 3. The van der Waals surface area contributed by atoms with Crippen molar-refractivity contribution in [1.82, 2.24) is 15.1 Å². The van der Waals surface area contributed by atoms with Crippen molar-refractivity contribution in [3.63, 3.8) is 0 Å². The van der Waals surface area contributed by atoms with Crippen LogP contribution in [-0.2, 0) is 16.6 Å². The van der Waals surface area contributed by atoms with Crippen LogP contribution in [0.15, 0.2) is 54.7 Å². The quantitative estimate of drug-likeness (QED) is 0.452. The van der Waals surface area contributed by atoms with Gasteiger partial charge < -0.3 is 20.5 Å². The number of nitrogens with one attached hydrogen (secondary N) is 2. The van der Waals surface area contributed by atoms with E-state index in [1.807, 2.05) is 50.2 Å². The number of rotatable bonds is 8. The molecule has 1 aromatic heterocycles. The molecule has 0 spiro atoms. The van der Waals surface area contributed by atoms with Crippen LogP contribution in [0.5, 0.6) is 0 Å². The van der Waals surface area contributed by atoms with Crippen molar-refractivity contribution >= 4 is 23.7 Å². The molecule has 1 heterocycles. The topological polar surface area (TPSA) is 123 Å². The standard InChI is InChI=1S/C26H28N4O5/c1-15(2)21(12-23(31)28-22-13-27-30(3)24(22)25(32)33)29-26(34)35-14-20-18-10-6-4-8-16(18)17-9-5-7-11-19(17)20/h4-11,13,15,20-21H,12,14H2,1-3H3,(H,28,31)(H,29,34)(H,32,33)/t21-/m0/s1. The van der Waals surface area contributed by atoms with Crippen molar-refractivity contribution in [2.45, 2.75) is 32.2 Å². The third-order valence-corrected chi connectivity index (χ3v) is 6.27. The second-order valence-electron chi connectivity index (χ2n) is 8.91. The van der Waals surface area contributed by atoms with E-state index in [0.29, 0.717) is 0 Å². The van der Waals surface area contributed by atoms with Gasteiger partial charge in [-0.2, -0.15) is 5.10 Å². The summed E-state index contributed by atoms with van der Waals surface area (Å²) in [5.41, 5.74) is 4.51. The fourth-order valence-electron chi connectivity index (χ4n) is 4.43. The van der Waals surface area contributed by atoms with E-state index >= 15 is 0 Å². The summed E-state index contributed by atoms with van der Waals surface area (Å²) in [4.78, 5) is 36.7. The minimum atomic E-state index is -1.20. The highest BCUT2D eigenvalue weighted by Crippen LogP contribution is 2.44. The summed E-state index contributed by atoms with van der Waals surface area (Å²) in [6.45, 7) is 3.94. The molecule has 4 rings (SSSR count). The van der Waals surface area contributed by atoms with Crippen molar-refractivity contribution in [2.75, 3.05) is 11.9 Å². The number of carboxylic acids is 1. The van der Waals surface area contributed by atoms with Crippen LogP contribution in [0, 0.1) is 5.92 Å². The minimum absolute atomic E-state index is 0.0458. The highest BCUT2D eigenvalue weighted by atomic mass is 16.5. The van der Waals surface area contributed by atoms with Crippen LogP contribution in [0.3, 0.4) is 0 Å². The molecule has 9 heteroatoms. The number of hydrogen-bond acceptors (Lipinski definition) is 5. The lowest BCUT2D eigenvalue weighted by Gasteiger charge is -2.22. The van der Waals surface area contributed by atoms with E-state index in [1.165, 1.54) is 17.9 Å². The van der Waals surface area contributed by atoms with Crippen molar-refractivity contribution < 1.29 is 24.2 Å². The average Bonchev–Trinajstić information content (AvgIpc) is 3.34. The minimum Gasteiger partial charge on any atom is -0.476 e. The first-order valence-corrected chi connectivity index (χ1v) is 11.4. The monoisotopic (exact) mass is 476 g/mol. The summed E-state index contributed by atoms with van der Waals surface area (Å²) in [6.07, 6.45) is 0.631. The number of amides is 2. The van der Waals surface area contributed by atoms with Gasteiger partial charge in [0.2, 0.25) is 5.91 Å². The number of aryl methyl sites for hydroxylation is 1. The van der Waals surface area contributed by atoms with Crippen LogP contribution in [0.4, 0.5) is 10.5 Å². The summed E-state index contributed by atoms with van der Waals surface area (Å²) >= 11 is 0. The molecule has 0 aliphatic heterocycles. The molecule has 3 N–H and O–H groups in total. The number of benzene rings is 2. The third kappa shape index (κ3) is 5.03. The molecule has 182 valence electrons. The van der Waals surface area contributed by atoms with E-state index in [4.69, 9.17) is 4.74 Å². The number of anilines is 1. The zero-order chi connectivity index (χ0) is 25.1. The number of fused-ring (bicyclic) bond motifs is 3. The number of carbonyl (C=O) groups excluding carboxylic acids is 2. The maximum Gasteiger partial charge on any atom is 0.407 e. The number of aromatic carboxylic acids is 1. The van der Waals surface area contributed by atoms with E-state index in [9.17, 15) is 19.5 Å². The lowest BCUT2D eigenvalue weighted by molar-refractivity contribution is -0.116. The van der Waals surface area contributed by atoms with Gasteiger partial charge in [-0.15, -0.1) is 0 Å². The van der Waals surface area contributed by atoms with Gasteiger partial charge in [-0.05, 0) is 28.2 Å². The second kappa shape index (κ2) is 10.0. The molecule has 0 unspecified atom stereocenters. The maximum absolute atomic E-state index is 12.7. The Hall–Kier alpha value is -4.14. The van der Waals surface area contributed by atoms with Gasteiger partial charge in [0, 0.05) is 25.4 Å². The Balaban J connectivity index is 1.38. The maximum atomic E-state index is 12.7. The number of carboxylic acid groups (broad SMARTS) is 1. The highest BCUT2D eigenvalue weighted by Gasteiger charge is 2.30. The largest absolute Gasteiger partial charge is 0.476 e. The van der Waals surface area contributed by atoms with Crippen LogP contribution in [0.25, 0.3) is 11.1 Å². The lowest BCUT2D eigenvalue weighted by Crippen LogP contribution is -2.41. The molecule has 0 saturated heterocycles. The molecule has 1 aliphatic carbocycles. The third-order valence-electron chi connectivity index (χ3n) is 6.27. The van der Waals surface area contributed by atoms with E-state index in [-0.39, 0.29) is 36.2 Å². The molecule has 1 atom stereocenters. The fraction of sp³-hybridized carbons (Fsp3) is 0.308. The van der Waals surface area contributed by atoms with Crippen LogP contribution in [-0.4, -0.2) is 45.5 Å². The summed E-state index contributed by atoms with van der Waals surface area (Å²) in [6, 6.07) is 15.7. The molecule has 9 nitrogen and oxygen atoms in total. The van der Waals surface area contributed by atoms with Crippen LogP contribution >= 0.6 is 0 Å². The molecular weight excluding hydrogens is 448 g/mol. The van der Waals surface area contributed by atoms with Gasteiger partial charge in [0.25, 0.3) is 0 Å². The van der Waals surface area contributed by atoms with E-state index in [2.05, 4.69) is 27.9 Å². The Bertz CT molecular complexity index is 1220. The van der Waals surface area contributed by atoms with Crippen molar-refractivity contribution in [2.24, 2.45) is 13.0 Å². The van der Waals surface area contributed by atoms with Crippen molar-refractivity contribution in [1.29, 1.82) is 0 Å². The van der Waals surface area contributed by atoms with E-state index < -0.39 is 24.0 Å². The SMILES string of the molecule is CC(C)[C@H](CC(=O)Nc1cnn(C)c1C(=O)O)NC(=O)OCC1c2ccccc2-c2ccccc21. The Morgan fingerprint density at radius 1 is 1.06 bits per heavy atom. The molecule has 0 bridgehead atoms. The average molecular weight is 477 g/mol. The summed E-state index contributed by atoms with van der Waals surface area (Å²) < 4.78 is 6.77. The fourth-order valence-corrected chi connectivity index (χ4v) is 4.43. The Morgan fingerprint density at radius 3 is 2.23 bits per heavy atom. The molecule has 2 amide bonds. The summed E-state index contributed by atoms with van der Waals surface area (Å²) in [5, 5.41) is 18.6. The van der Waals surface area contributed by atoms with E-state index in [1.54, 1.807) is 0 Å². The van der Waals surface area contributed by atoms with Gasteiger partial charge in [0.1, 0.15) is 6.61 Å². The Morgan fingerprint density at radius 2 is 1.66 bits per heavy atom. The first-order chi connectivity index (χ1) is 16.8. The zero-order valence-electron chi connectivity index (χ0n) is 19.8. The molecule has 35 heavy (non-hydrogen) atoms. The number of nitrogens with zero attached hydrogens (tertiary/aromatic N) is 2. The molecule has 0 fully saturated rings. The van der Waals surface area contributed by atoms with Crippen LogP contribution < -0.4 is 10.6 Å². The lowest BCUT2D eigenvalue weighted by atomic mass is 9.98. The van der Waals surface area contributed by atoms with Gasteiger partial charge in [0.15, 0.2) is 5.69 Å². The van der Waals surface area contributed by atoms with Crippen molar-refractivity contribution in [3.8, 4) is 11.1 Å². The normalized spacial score (nSPS) is 13.1. The van der Waals surface area contributed by atoms with E-state index in [0.717, 1.165) is 22.3 Å². The predicted octanol–water partition coefficient (Wildman–Crippen LogP) is 4.01. The Labute approximate surface area is 203 Å². The first-order valence-electron chi connectivity index (χ1n) is 11.4. The number of alkyl carbamates (subject to hydrolysis) is 1. The summed E-state index contributed by atoms with van der Waals surface area (Å²) in [7, 11) is 1.48. The van der Waals surface area contributed by atoms with Gasteiger partial charge in [-0.1, -0.05) is 62.4 Å². The second-order valence-corrected chi connectivity index (χ2v) is 8.91. The number of carbonyl (C=O) groups is 3. The number of aromatic nitrogens is 2. The molecule has 0 radical (unpaired) electrons. The molecule has 1 aliphatic rings. The van der Waals surface area contributed by atoms with Crippen LogP contribution in [0.2, 0.25) is 0 Å². The number of ether oxygens (including phenoxy) is 1. The van der Waals surface area contributed by atoms with Crippen LogP contribution in [0.1, 0.15) is 47.8 Å². The van der Waals surface area contributed by atoms with Gasteiger partial charge in [-0.3, -0.25) is 9.48 Å². The van der Waals surface area contributed by atoms with Crippen molar-refractivity contribution in [3.05, 3.63) is 71.5 Å². The highest BCUT2D eigenvalue weighted by molar-refractivity contribution is 5.99. The molecule has 2 aromatic carbocycles. The first kappa shape index (κ1) is 24.0. The smallest absolute Gasteiger partial charge is 0.407 e. The molecular formula is C26H28N4O5. The van der Waals surface area contributed by atoms with Gasteiger partial charge >= 0.3 is 12.1 Å². The molecule has 3 aromatic rings. The van der Waals surface area contributed by atoms with Gasteiger partial charge in [0.05, 0.1) is 11.9 Å². The predicted molar refractivity (Wildman–Crippen MR) is 130 cm³/mol. The summed E-state index contributed by atoms with van der Waals surface area (Å²) in [5.74, 6) is -1.75. The zero-order valence-corrected chi connectivity index (χ0v) is 19.8. The molecule has 0 saturated carbocycles. The van der Waals surface area contributed by atoms with Gasteiger partial charge in [-0.25, -0.2) is 9.59 Å². The Kier molecular flexibility index (Phi) is 6.86.